The van der Waals surface area contributed by atoms with Crippen molar-refractivity contribution in [2.24, 2.45) is 0 Å². The Bertz CT molecular complexity index is 389. The fraction of sp³-hybridized carbons (Fsp3) is 0.444. The zero-order chi connectivity index (χ0) is 11.3. The lowest BCUT2D eigenvalue weighted by atomic mass is 10.3. The van der Waals surface area contributed by atoms with E-state index in [4.69, 9.17) is 5.11 Å². The Morgan fingerprint density at radius 3 is 2.87 bits per heavy atom. The van der Waals surface area contributed by atoms with E-state index in [1.54, 1.807) is 13.0 Å². The van der Waals surface area contributed by atoms with Crippen LogP contribution in [0.25, 0.3) is 0 Å². The molecule has 0 radical (unpaired) electrons. The average molecular weight is 230 g/mol. The first-order chi connectivity index (χ1) is 7.02. The Hall–Kier alpha value is -0.980. The van der Waals surface area contributed by atoms with E-state index >= 15 is 0 Å². The van der Waals surface area contributed by atoms with Crippen LogP contribution in [0, 0.1) is 0 Å². The predicted molar refractivity (Wildman–Crippen MR) is 55.7 cm³/mol. The number of rotatable bonds is 5. The Balaban J connectivity index is 2.61. The molecule has 84 valence electrons. The third kappa shape index (κ3) is 3.94. The van der Waals surface area contributed by atoms with Gasteiger partial charge in [-0.1, -0.05) is 0 Å². The second kappa shape index (κ2) is 5.20. The van der Waals surface area contributed by atoms with E-state index in [2.05, 4.69) is 9.71 Å². The molecule has 15 heavy (non-hydrogen) atoms. The van der Waals surface area contributed by atoms with Gasteiger partial charge in [0.2, 0.25) is 10.0 Å². The summed E-state index contributed by atoms with van der Waals surface area (Å²) in [7, 11) is -3.48. The maximum Gasteiger partial charge on any atom is 0.242 e. The number of nitrogens with zero attached hydrogens (tertiary/aromatic N) is 1. The van der Waals surface area contributed by atoms with E-state index in [-0.39, 0.29) is 11.4 Å². The molecule has 0 fully saturated rings. The highest BCUT2D eigenvalue weighted by Crippen LogP contribution is 2.05. The number of pyridine rings is 1. The third-order valence-corrected chi connectivity index (χ3v) is 3.25. The van der Waals surface area contributed by atoms with Crippen molar-refractivity contribution < 1.29 is 13.5 Å². The van der Waals surface area contributed by atoms with E-state index in [1.165, 1.54) is 18.5 Å². The second-order valence-corrected chi connectivity index (χ2v) is 4.99. The molecule has 0 saturated heterocycles. The van der Waals surface area contributed by atoms with Crippen molar-refractivity contribution in [3.63, 3.8) is 0 Å². The maximum atomic E-state index is 11.6. The molecule has 1 aromatic heterocycles. The van der Waals surface area contributed by atoms with Gasteiger partial charge in [0.05, 0.1) is 6.10 Å². The molecule has 0 aliphatic carbocycles. The van der Waals surface area contributed by atoms with Crippen LogP contribution in [0.5, 0.6) is 0 Å². The maximum absolute atomic E-state index is 11.6. The quantitative estimate of drug-likeness (QED) is 0.753. The second-order valence-electron chi connectivity index (χ2n) is 3.22. The first-order valence-electron chi connectivity index (χ1n) is 4.60. The highest BCUT2D eigenvalue weighted by Gasteiger charge is 2.12. The summed E-state index contributed by atoms with van der Waals surface area (Å²) in [5.41, 5.74) is 0. The molecule has 0 amide bonds. The third-order valence-electron chi connectivity index (χ3n) is 1.80. The van der Waals surface area contributed by atoms with Crippen molar-refractivity contribution in [3.8, 4) is 0 Å². The molecule has 5 nitrogen and oxygen atoms in total. The van der Waals surface area contributed by atoms with E-state index < -0.39 is 16.1 Å². The summed E-state index contributed by atoms with van der Waals surface area (Å²) in [4.78, 5) is 3.86. The Morgan fingerprint density at radius 2 is 2.33 bits per heavy atom. The fourth-order valence-electron chi connectivity index (χ4n) is 0.992. The molecule has 0 spiro atoms. The average Bonchev–Trinajstić information content (AvgIpc) is 2.18. The minimum absolute atomic E-state index is 0.135. The fourth-order valence-corrected chi connectivity index (χ4v) is 2.00. The number of sulfonamides is 1. The Morgan fingerprint density at radius 1 is 1.60 bits per heavy atom. The van der Waals surface area contributed by atoms with Gasteiger partial charge in [0.15, 0.2) is 0 Å². The van der Waals surface area contributed by atoms with Crippen molar-refractivity contribution in [2.45, 2.75) is 24.3 Å². The zero-order valence-corrected chi connectivity index (χ0v) is 9.24. The lowest BCUT2D eigenvalue weighted by Crippen LogP contribution is -2.26. The van der Waals surface area contributed by atoms with Gasteiger partial charge >= 0.3 is 0 Å². The van der Waals surface area contributed by atoms with Crippen LogP contribution in [0.4, 0.5) is 0 Å². The van der Waals surface area contributed by atoms with Crippen LogP contribution in [0.15, 0.2) is 29.4 Å². The summed E-state index contributed by atoms with van der Waals surface area (Å²) in [6.45, 7) is 1.83. The summed E-state index contributed by atoms with van der Waals surface area (Å²) < 4.78 is 25.5. The normalized spacial score (nSPS) is 13.7. The minimum atomic E-state index is -3.48. The monoisotopic (exact) mass is 230 g/mol. The van der Waals surface area contributed by atoms with Crippen LogP contribution >= 0.6 is 0 Å². The van der Waals surface area contributed by atoms with Crippen molar-refractivity contribution >= 4 is 10.0 Å². The van der Waals surface area contributed by atoms with Crippen molar-refractivity contribution in [1.82, 2.24) is 9.71 Å². The van der Waals surface area contributed by atoms with E-state index in [9.17, 15) is 8.42 Å². The zero-order valence-electron chi connectivity index (χ0n) is 8.42. The number of nitrogens with one attached hydrogen (secondary N) is 1. The number of aliphatic hydroxyl groups is 1. The lowest BCUT2D eigenvalue weighted by molar-refractivity contribution is 0.186. The molecule has 0 aliphatic rings. The molecule has 1 unspecified atom stereocenters. The molecule has 1 aromatic rings. The molecule has 1 atom stereocenters. The summed E-state index contributed by atoms with van der Waals surface area (Å²) >= 11 is 0. The first kappa shape index (κ1) is 12.1. The van der Waals surface area contributed by atoms with Crippen molar-refractivity contribution in [2.75, 3.05) is 6.54 Å². The van der Waals surface area contributed by atoms with E-state index in [0.29, 0.717) is 6.42 Å². The summed E-state index contributed by atoms with van der Waals surface area (Å²) in [5, 5.41) is 8.97. The summed E-state index contributed by atoms with van der Waals surface area (Å²) in [6, 6.07) is 3.03. The number of aromatic nitrogens is 1. The standard InChI is InChI=1S/C9H14N2O3S/c1-8(12)4-6-11-15(13,14)9-3-2-5-10-7-9/h2-3,5,7-8,11-12H,4,6H2,1H3. The number of hydrogen-bond acceptors (Lipinski definition) is 4. The lowest BCUT2D eigenvalue weighted by Gasteiger charge is -2.07. The molecule has 0 saturated carbocycles. The van der Waals surface area contributed by atoms with Crippen LogP contribution in [-0.4, -0.2) is 31.2 Å². The molecular formula is C9H14N2O3S. The van der Waals surface area contributed by atoms with Gasteiger partial charge < -0.3 is 5.11 Å². The number of aliphatic hydroxyl groups excluding tert-OH is 1. The van der Waals surface area contributed by atoms with Crippen LogP contribution in [0.3, 0.4) is 0 Å². The highest BCUT2D eigenvalue weighted by atomic mass is 32.2. The SMILES string of the molecule is CC(O)CCNS(=O)(=O)c1cccnc1. The van der Waals surface area contributed by atoms with Gasteiger partial charge in [-0.3, -0.25) is 4.98 Å². The van der Waals surface area contributed by atoms with Crippen molar-refractivity contribution in [1.29, 1.82) is 0 Å². The highest BCUT2D eigenvalue weighted by molar-refractivity contribution is 7.89. The summed E-state index contributed by atoms with van der Waals surface area (Å²) in [5.74, 6) is 0. The van der Waals surface area contributed by atoms with Crippen LogP contribution in [-0.2, 0) is 10.0 Å². The topological polar surface area (TPSA) is 79.3 Å². The largest absolute Gasteiger partial charge is 0.393 e. The molecule has 0 aromatic carbocycles. The van der Waals surface area contributed by atoms with Gasteiger partial charge in [-0.25, -0.2) is 13.1 Å². The van der Waals surface area contributed by atoms with Crippen LogP contribution in [0.1, 0.15) is 13.3 Å². The Labute approximate surface area is 89.2 Å². The molecular weight excluding hydrogens is 216 g/mol. The van der Waals surface area contributed by atoms with E-state index in [0.717, 1.165) is 0 Å². The smallest absolute Gasteiger partial charge is 0.242 e. The Kier molecular flexibility index (Phi) is 4.19. The minimum Gasteiger partial charge on any atom is -0.393 e. The number of hydrogen-bond donors (Lipinski definition) is 2. The van der Waals surface area contributed by atoms with Gasteiger partial charge in [0.25, 0.3) is 0 Å². The first-order valence-corrected chi connectivity index (χ1v) is 6.08. The predicted octanol–water partition coefficient (Wildman–Crippen LogP) is 0.131. The van der Waals surface area contributed by atoms with Gasteiger partial charge in [0.1, 0.15) is 4.90 Å². The molecule has 1 rings (SSSR count). The van der Waals surface area contributed by atoms with Crippen LogP contribution in [0.2, 0.25) is 0 Å². The van der Waals surface area contributed by atoms with Gasteiger partial charge in [-0.2, -0.15) is 0 Å². The van der Waals surface area contributed by atoms with E-state index in [1.807, 2.05) is 0 Å². The van der Waals surface area contributed by atoms with Gasteiger partial charge in [-0.15, -0.1) is 0 Å². The van der Waals surface area contributed by atoms with Gasteiger partial charge in [-0.05, 0) is 25.5 Å². The summed E-state index contributed by atoms with van der Waals surface area (Å²) in [6.07, 6.45) is 2.67. The molecule has 0 bridgehead atoms. The molecule has 1 heterocycles. The van der Waals surface area contributed by atoms with Crippen molar-refractivity contribution in [3.05, 3.63) is 24.5 Å². The molecule has 6 heteroatoms. The molecule has 0 aliphatic heterocycles. The van der Waals surface area contributed by atoms with Crippen LogP contribution < -0.4 is 4.72 Å². The van der Waals surface area contributed by atoms with Gasteiger partial charge in [0, 0.05) is 18.9 Å². The molecule has 2 N–H and O–H groups in total.